The number of carbonyl (C=O) groups excluding carboxylic acids is 2. The molecule has 9 heteroatoms. The minimum Gasteiger partial charge on any atom is -0.545 e. The van der Waals surface area contributed by atoms with Crippen LogP contribution in [0.15, 0.2) is 18.2 Å². The number of carbonyl (C=O) groups is 2. The minimum atomic E-state index is -1.93. The molecule has 2 rings (SSSR count). The molecule has 3 unspecified atom stereocenters. The molecule has 9 nitrogen and oxygen atoms in total. The van der Waals surface area contributed by atoms with Gasteiger partial charge in [-0.2, -0.15) is 0 Å². The summed E-state index contributed by atoms with van der Waals surface area (Å²) in [6, 6.07) is 3.58. The van der Waals surface area contributed by atoms with Crippen LogP contribution in [0.4, 0.5) is 5.69 Å². The first-order valence-corrected chi connectivity index (χ1v) is 7.32. The fraction of sp³-hybridized carbons (Fsp3) is 0.467. The average Bonchev–Trinajstić information content (AvgIpc) is 2.73. The molecule has 3 atom stereocenters. The van der Waals surface area contributed by atoms with Crippen LogP contribution in [0.5, 0.6) is 0 Å². The maximum atomic E-state index is 10.5. The molecule has 0 aromatic heterocycles. The molecule has 1 heterocycles. The van der Waals surface area contributed by atoms with Crippen molar-refractivity contribution >= 4 is 17.6 Å². The molecule has 1 fully saturated rings. The van der Waals surface area contributed by atoms with Crippen molar-refractivity contribution in [2.24, 2.45) is 0 Å². The zero-order chi connectivity index (χ0) is 18.6. The molecule has 24 heavy (non-hydrogen) atoms. The Morgan fingerprint density at radius 1 is 1.25 bits per heavy atom. The lowest BCUT2D eigenvalue weighted by molar-refractivity contribution is -0.896. The number of hydrogen-bond acceptors (Lipinski definition) is 7. The Hall–Kier alpha value is -2.52. The number of nitro groups is 1. The first kappa shape index (κ1) is 19.5. The van der Waals surface area contributed by atoms with E-state index in [1.54, 1.807) is 4.90 Å². The van der Waals surface area contributed by atoms with Crippen molar-refractivity contribution in [3.8, 4) is 0 Å². The summed E-state index contributed by atoms with van der Waals surface area (Å²) in [6.07, 6.45) is 0.708. The number of nitrogens with zero attached hydrogens (tertiary/aromatic N) is 2. The van der Waals surface area contributed by atoms with Gasteiger partial charge in [0.05, 0.1) is 42.1 Å². The quantitative estimate of drug-likeness (QED) is 0.476. The van der Waals surface area contributed by atoms with E-state index in [1.807, 2.05) is 0 Å². The molecule has 0 aliphatic carbocycles. The lowest BCUT2D eigenvalue weighted by atomic mass is 10.1. The largest absolute Gasteiger partial charge is 0.545 e. The van der Waals surface area contributed by atoms with E-state index in [4.69, 9.17) is 0 Å². The van der Waals surface area contributed by atoms with Crippen molar-refractivity contribution in [1.82, 2.24) is 4.90 Å². The van der Waals surface area contributed by atoms with Gasteiger partial charge in [0.25, 0.3) is 5.69 Å². The van der Waals surface area contributed by atoms with Gasteiger partial charge >= 0.3 is 0 Å². The Labute approximate surface area is 139 Å². The van der Waals surface area contributed by atoms with Crippen LogP contribution in [0.3, 0.4) is 0 Å². The van der Waals surface area contributed by atoms with Crippen molar-refractivity contribution in [2.45, 2.75) is 26.1 Å². The van der Waals surface area contributed by atoms with Crippen molar-refractivity contribution in [3.63, 3.8) is 0 Å². The number of benzene rings is 1. The van der Waals surface area contributed by atoms with Crippen LogP contribution in [0.1, 0.15) is 34.6 Å². The third-order valence-corrected chi connectivity index (χ3v) is 4.30. The van der Waals surface area contributed by atoms with E-state index in [9.17, 15) is 29.9 Å². The number of carboxylic acids is 2. The van der Waals surface area contributed by atoms with Gasteiger partial charge in [0.15, 0.2) is 0 Å². The molecule has 0 saturated carbocycles. The molecule has 0 amide bonds. The van der Waals surface area contributed by atoms with Gasteiger partial charge < -0.3 is 24.7 Å². The predicted octanol–water partition coefficient (Wildman–Crippen LogP) is -2.50. The smallest absolute Gasteiger partial charge is 0.279 e. The van der Waals surface area contributed by atoms with Crippen LogP contribution < -0.4 is 15.1 Å². The van der Waals surface area contributed by atoms with Gasteiger partial charge in [0.2, 0.25) is 0 Å². The summed E-state index contributed by atoms with van der Waals surface area (Å²) in [6.45, 7) is 5.85. The minimum absolute atomic E-state index is 0.708. The number of nitro benzene ring substituents is 1. The topological polar surface area (TPSA) is 131 Å². The maximum Gasteiger partial charge on any atom is 0.279 e. The molecule has 0 spiro atoms. The molecule has 1 N–H and O–H groups in total. The summed E-state index contributed by atoms with van der Waals surface area (Å²) in [5.41, 5.74) is -2.59. The average molecular weight is 338 g/mol. The van der Waals surface area contributed by atoms with E-state index in [0.717, 1.165) is 24.2 Å². The molecule has 1 aromatic rings. The molecule has 0 bridgehead atoms. The normalized spacial score (nSPS) is 23.2. The van der Waals surface area contributed by atoms with Crippen molar-refractivity contribution in [2.75, 3.05) is 20.6 Å². The number of carboxylic acid groups (broad SMARTS) is 2. The third-order valence-electron chi connectivity index (χ3n) is 4.30. The highest BCUT2D eigenvalue weighted by molar-refractivity contribution is 6.03. The summed E-state index contributed by atoms with van der Waals surface area (Å²) in [4.78, 5) is 34.5. The zero-order valence-corrected chi connectivity index (χ0v) is 13.9. The van der Waals surface area contributed by atoms with E-state index >= 15 is 0 Å². The van der Waals surface area contributed by atoms with Gasteiger partial charge in [0.1, 0.15) is 6.17 Å². The van der Waals surface area contributed by atoms with Gasteiger partial charge in [-0.05, 0) is 14.0 Å². The van der Waals surface area contributed by atoms with Crippen LogP contribution in [-0.2, 0) is 0 Å². The van der Waals surface area contributed by atoms with Crippen molar-refractivity contribution in [3.05, 3.63) is 39.4 Å². The highest BCUT2D eigenvalue weighted by atomic mass is 16.6. The van der Waals surface area contributed by atoms with Crippen molar-refractivity contribution in [1.29, 1.82) is 0 Å². The lowest BCUT2D eigenvalue weighted by Crippen LogP contribution is -3.11. The summed E-state index contributed by atoms with van der Waals surface area (Å²) >= 11 is 0. The molecule has 1 saturated heterocycles. The number of hydrogen-bond donors (Lipinski definition) is 1. The SMILES string of the molecule is CC1C[NH+](C)C(C)N1C.O=C([O-])c1cccc([N+](=O)[O-])c1C(=O)[O-]. The van der Waals surface area contributed by atoms with E-state index in [2.05, 4.69) is 32.8 Å². The summed E-state index contributed by atoms with van der Waals surface area (Å²) in [5.74, 6) is -3.74. The van der Waals surface area contributed by atoms with Gasteiger partial charge in [-0.25, -0.2) is 4.90 Å². The highest BCUT2D eigenvalue weighted by Crippen LogP contribution is 2.21. The second kappa shape index (κ2) is 7.84. The van der Waals surface area contributed by atoms with Crippen molar-refractivity contribution < 1.29 is 29.6 Å². The Balaban J connectivity index is 0.000000272. The summed E-state index contributed by atoms with van der Waals surface area (Å²) < 4.78 is 0. The Morgan fingerprint density at radius 2 is 1.83 bits per heavy atom. The Kier molecular flexibility index (Phi) is 6.38. The first-order valence-electron chi connectivity index (χ1n) is 7.32. The number of quaternary nitrogens is 1. The maximum absolute atomic E-state index is 10.5. The third kappa shape index (κ3) is 4.27. The number of likely N-dealkylation sites (N-methyl/N-ethyl adjacent to an activating group) is 2. The second-order valence-electron chi connectivity index (χ2n) is 5.77. The van der Waals surface area contributed by atoms with Gasteiger partial charge in [0, 0.05) is 18.6 Å². The van der Waals surface area contributed by atoms with Crippen LogP contribution in [0.25, 0.3) is 0 Å². The monoisotopic (exact) mass is 338 g/mol. The molecule has 1 aliphatic heterocycles. The van der Waals surface area contributed by atoms with Gasteiger partial charge in [-0.3, -0.25) is 10.1 Å². The number of nitrogens with one attached hydrogen (secondary N) is 1. The standard InChI is InChI=1S/C8H5NO6.C7H16N2/c10-7(11)4-2-1-3-5(9(14)15)6(4)8(12)13;1-6-5-8(3)7(2)9(6)4/h1-3H,(H,10,11)(H,12,13);6-7H,5H2,1-4H3/p-1. The van der Waals surface area contributed by atoms with Gasteiger partial charge in [-0.15, -0.1) is 0 Å². The molecule has 0 radical (unpaired) electrons. The lowest BCUT2D eigenvalue weighted by Gasteiger charge is -2.17. The van der Waals surface area contributed by atoms with E-state index in [-0.39, 0.29) is 0 Å². The molecular formula is C15H20N3O6-. The Morgan fingerprint density at radius 3 is 2.12 bits per heavy atom. The Bertz CT molecular complexity index is 604. The first-order chi connectivity index (χ1) is 11.1. The molecular weight excluding hydrogens is 318 g/mol. The number of rotatable bonds is 3. The molecule has 132 valence electrons. The number of aromatic carboxylic acids is 2. The second-order valence-corrected chi connectivity index (χ2v) is 5.77. The van der Waals surface area contributed by atoms with E-state index in [1.165, 1.54) is 6.54 Å². The molecule has 1 aromatic carbocycles. The summed E-state index contributed by atoms with van der Waals surface area (Å²) in [7, 11) is 4.45. The van der Waals surface area contributed by atoms with Gasteiger partial charge in [-0.1, -0.05) is 12.1 Å². The molecule has 1 aliphatic rings. The van der Waals surface area contributed by atoms with Crippen LogP contribution in [0, 0.1) is 10.1 Å². The highest BCUT2D eigenvalue weighted by Gasteiger charge is 2.31. The zero-order valence-electron chi connectivity index (χ0n) is 13.9. The predicted molar refractivity (Wildman–Crippen MR) is 80.2 cm³/mol. The fourth-order valence-corrected chi connectivity index (χ4v) is 2.59. The fourth-order valence-electron chi connectivity index (χ4n) is 2.59. The van der Waals surface area contributed by atoms with Crippen LogP contribution in [0.2, 0.25) is 0 Å². The van der Waals surface area contributed by atoms with E-state index < -0.39 is 33.7 Å². The van der Waals surface area contributed by atoms with Crippen LogP contribution >= 0.6 is 0 Å². The van der Waals surface area contributed by atoms with Crippen LogP contribution in [-0.4, -0.2) is 54.6 Å². The van der Waals surface area contributed by atoms with E-state index in [0.29, 0.717) is 6.17 Å². The summed E-state index contributed by atoms with van der Waals surface area (Å²) in [5, 5.41) is 31.4.